The summed E-state index contributed by atoms with van der Waals surface area (Å²) >= 11 is 0. The maximum atomic E-state index is 5.43. The van der Waals surface area contributed by atoms with E-state index in [1.165, 1.54) is 64.2 Å². The molecule has 0 aliphatic rings. The summed E-state index contributed by atoms with van der Waals surface area (Å²) in [5.74, 6) is 0. The maximum absolute atomic E-state index is 5.43. The van der Waals surface area contributed by atoms with Crippen LogP contribution in [0.1, 0.15) is 77.6 Å². The third-order valence-electron chi connectivity index (χ3n) is 3.28. The van der Waals surface area contributed by atoms with E-state index in [1.807, 2.05) is 6.92 Å². The van der Waals surface area contributed by atoms with Gasteiger partial charge in [0.05, 0.1) is 0 Å². The molecule has 0 rings (SSSR count). The standard InChI is InChI=1S/C12H28N2.C4H12N2/c13-11-9-7-5-3-1-2-4-6-8-10-12-14;1-4(6)2-3-5/h1-14H2;4H,2-3,5-6H2,1H3. The normalized spacial score (nSPS) is 11.8. The summed E-state index contributed by atoms with van der Waals surface area (Å²) in [4.78, 5) is 0. The lowest BCUT2D eigenvalue weighted by atomic mass is 10.1. The number of nitrogens with two attached hydrogens (primary N) is 4. The first kappa shape index (κ1) is 22.1. The van der Waals surface area contributed by atoms with Gasteiger partial charge in [0, 0.05) is 6.04 Å². The molecule has 0 saturated heterocycles. The monoisotopic (exact) mass is 288 g/mol. The van der Waals surface area contributed by atoms with E-state index in [0.717, 1.165) is 19.5 Å². The highest BCUT2D eigenvalue weighted by atomic mass is 14.6. The highest BCUT2D eigenvalue weighted by Gasteiger charge is 1.91. The van der Waals surface area contributed by atoms with Gasteiger partial charge in [-0.25, -0.2) is 0 Å². The molecule has 0 aromatic rings. The number of unbranched alkanes of at least 4 members (excludes halogenated alkanes) is 9. The molecule has 0 aromatic heterocycles. The van der Waals surface area contributed by atoms with Crippen LogP contribution in [0.5, 0.6) is 0 Å². The summed E-state index contributed by atoms with van der Waals surface area (Å²) in [5, 5.41) is 0. The Morgan fingerprint density at radius 1 is 0.550 bits per heavy atom. The van der Waals surface area contributed by atoms with E-state index >= 15 is 0 Å². The molecule has 1 atom stereocenters. The Hall–Kier alpha value is -0.160. The summed E-state index contributed by atoms with van der Waals surface area (Å²) in [6, 6.07) is 0.273. The van der Waals surface area contributed by atoms with Crippen molar-refractivity contribution in [2.75, 3.05) is 19.6 Å². The third kappa shape index (κ3) is 26.4. The second kappa shape index (κ2) is 21.1. The zero-order valence-corrected chi connectivity index (χ0v) is 13.8. The van der Waals surface area contributed by atoms with Gasteiger partial charge in [-0.2, -0.15) is 0 Å². The molecule has 4 nitrogen and oxygen atoms in total. The highest BCUT2D eigenvalue weighted by Crippen LogP contribution is 2.09. The molecule has 0 radical (unpaired) electrons. The zero-order valence-electron chi connectivity index (χ0n) is 13.8. The van der Waals surface area contributed by atoms with Gasteiger partial charge in [0.2, 0.25) is 0 Å². The molecule has 0 amide bonds. The van der Waals surface area contributed by atoms with Crippen LogP contribution in [-0.2, 0) is 0 Å². The zero-order chi connectivity index (χ0) is 15.5. The lowest BCUT2D eigenvalue weighted by Gasteiger charge is -2.01. The van der Waals surface area contributed by atoms with Crippen molar-refractivity contribution in [3.63, 3.8) is 0 Å². The van der Waals surface area contributed by atoms with Crippen molar-refractivity contribution in [2.24, 2.45) is 22.9 Å². The Morgan fingerprint density at radius 3 is 1.00 bits per heavy atom. The summed E-state index contributed by atoms with van der Waals surface area (Å²) in [6.07, 6.45) is 14.4. The second-order valence-corrected chi connectivity index (χ2v) is 5.67. The van der Waals surface area contributed by atoms with Crippen LogP contribution in [0, 0.1) is 0 Å². The minimum atomic E-state index is 0.273. The van der Waals surface area contributed by atoms with E-state index in [4.69, 9.17) is 22.9 Å². The average molecular weight is 289 g/mol. The Bertz CT molecular complexity index is 139. The fourth-order valence-corrected chi connectivity index (χ4v) is 1.97. The van der Waals surface area contributed by atoms with Gasteiger partial charge in [0.25, 0.3) is 0 Å². The summed E-state index contributed by atoms with van der Waals surface area (Å²) in [5.41, 5.74) is 21.3. The van der Waals surface area contributed by atoms with Crippen molar-refractivity contribution in [1.29, 1.82) is 0 Å². The number of hydrogen-bond acceptors (Lipinski definition) is 4. The average Bonchev–Trinajstić information content (AvgIpc) is 2.41. The van der Waals surface area contributed by atoms with Crippen molar-refractivity contribution in [3.05, 3.63) is 0 Å². The first-order valence-corrected chi connectivity index (χ1v) is 8.54. The summed E-state index contributed by atoms with van der Waals surface area (Å²) in [6.45, 7) is 4.38. The number of rotatable bonds is 13. The molecular formula is C16H40N4. The fraction of sp³-hybridized carbons (Fsp3) is 1.00. The van der Waals surface area contributed by atoms with Crippen molar-refractivity contribution >= 4 is 0 Å². The maximum Gasteiger partial charge on any atom is 0.00224 e. The number of hydrogen-bond donors (Lipinski definition) is 4. The largest absolute Gasteiger partial charge is 0.330 e. The van der Waals surface area contributed by atoms with Crippen LogP contribution in [0.4, 0.5) is 0 Å². The predicted octanol–water partition coefficient (Wildman–Crippen LogP) is 2.49. The SMILES string of the molecule is CC(N)CCN.NCCCCCCCCCCCCN. The Kier molecular flexibility index (Phi) is 23.4. The van der Waals surface area contributed by atoms with E-state index < -0.39 is 0 Å². The van der Waals surface area contributed by atoms with E-state index in [0.29, 0.717) is 6.54 Å². The van der Waals surface area contributed by atoms with Crippen LogP contribution in [0.25, 0.3) is 0 Å². The van der Waals surface area contributed by atoms with Crippen LogP contribution in [0.2, 0.25) is 0 Å². The van der Waals surface area contributed by atoms with Crippen LogP contribution in [0.15, 0.2) is 0 Å². The van der Waals surface area contributed by atoms with E-state index in [2.05, 4.69) is 0 Å². The van der Waals surface area contributed by atoms with Gasteiger partial charge in [0.1, 0.15) is 0 Å². The second-order valence-electron chi connectivity index (χ2n) is 5.67. The Balaban J connectivity index is 0. The molecule has 0 spiro atoms. The predicted molar refractivity (Wildman–Crippen MR) is 91.6 cm³/mol. The minimum Gasteiger partial charge on any atom is -0.330 e. The van der Waals surface area contributed by atoms with Crippen LogP contribution in [0.3, 0.4) is 0 Å². The molecule has 0 aliphatic heterocycles. The third-order valence-corrected chi connectivity index (χ3v) is 3.28. The van der Waals surface area contributed by atoms with Crippen molar-refractivity contribution in [3.8, 4) is 0 Å². The van der Waals surface area contributed by atoms with Gasteiger partial charge in [-0.1, -0.05) is 51.4 Å². The van der Waals surface area contributed by atoms with Gasteiger partial charge < -0.3 is 22.9 Å². The fourth-order valence-electron chi connectivity index (χ4n) is 1.97. The van der Waals surface area contributed by atoms with Gasteiger partial charge in [-0.15, -0.1) is 0 Å². The molecule has 0 fully saturated rings. The topological polar surface area (TPSA) is 104 Å². The van der Waals surface area contributed by atoms with Gasteiger partial charge in [-0.3, -0.25) is 0 Å². The van der Waals surface area contributed by atoms with Gasteiger partial charge in [0.15, 0.2) is 0 Å². The lowest BCUT2D eigenvalue weighted by Crippen LogP contribution is -2.18. The molecule has 0 bridgehead atoms. The first-order valence-electron chi connectivity index (χ1n) is 8.54. The van der Waals surface area contributed by atoms with Gasteiger partial charge in [-0.05, 0) is 45.8 Å². The molecule has 0 heterocycles. The first-order chi connectivity index (χ1) is 9.68. The quantitative estimate of drug-likeness (QED) is 0.391. The molecule has 8 N–H and O–H groups in total. The molecule has 20 heavy (non-hydrogen) atoms. The Morgan fingerprint density at radius 2 is 0.850 bits per heavy atom. The van der Waals surface area contributed by atoms with Crippen molar-refractivity contribution in [2.45, 2.75) is 83.6 Å². The summed E-state index contributed by atoms with van der Waals surface area (Å²) < 4.78 is 0. The molecule has 1 unspecified atom stereocenters. The van der Waals surface area contributed by atoms with E-state index in [9.17, 15) is 0 Å². The van der Waals surface area contributed by atoms with E-state index in [-0.39, 0.29) is 6.04 Å². The minimum absolute atomic E-state index is 0.273. The molecule has 124 valence electrons. The lowest BCUT2D eigenvalue weighted by molar-refractivity contribution is 0.554. The van der Waals surface area contributed by atoms with Crippen LogP contribution in [-0.4, -0.2) is 25.7 Å². The molecule has 0 saturated carbocycles. The summed E-state index contributed by atoms with van der Waals surface area (Å²) in [7, 11) is 0. The van der Waals surface area contributed by atoms with Crippen molar-refractivity contribution in [1.82, 2.24) is 0 Å². The molecule has 4 heteroatoms. The Labute approximate surface area is 127 Å². The molecule has 0 aliphatic carbocycles. The smallest absolute Gasteiger partial charge is 0.00224 e. The molecular weight excluding hydrogens is 248 g/mol. The van der Waals surface area contributed by atoms with Crippen molar-refractivity contribution < 1.29 is 0 Å². The van der Waals surface area contributed by atoms with Gasteiger partial charge >= 0.3 is 0 Å². The van der Waals surface area contributed by atoms with Crippen LogP contribution >= 0.6 is 0 Å². The highest BCUT2D eigenvalue weighted by molar-refractivity contribution is 4.50. The van der Waals surface area contributed by atoms with E-state index in [1.54, 1.807) is 0 Å². The van der Waals surface area contributed by atoms with Crippen LogP contribution < -0.4 is 22.9 Å². The molecule has 0 aromatic carbocycles.